The number of alkyl halides is 3. The Morgan fingerprint density at radius 1 is 1.42 bits per heavy atom. The van der Waals surface area contributed by atoms with Gasteiger partial charge in [-0.1, -0.05) is 18.0 Å². The summed E-state index contributed by atoms with van der Waals surface area (Å²) in [6.45, 7) is 0.610. The molecule has 0 unspecified atom stereocenters. The molecule has 106 valence electrons. The summed E-state index contributed by atoms with van der Waals surface area (Å²) in [6.07, 6.45) is 0.936. The number of anilines is 1. The highest BCUT2D eigenvalue weighted by atomic mass is 35.5. The number of aromatic nitrogens is 1. The van der Waals surface area contributed by atoms with Crippen LogP contribution in [0.4, 0.5) is 19.0 Å². The van der Waals surface area contributed by atoms with Crippen LogP contribution in [0.1, 0.15) is 24.8 Å². The van der Waals surface area contributed by atoms with Crippen LogP contribution in [0.25, 0.3) is 0 Å². The van der Waals surface area contributed by atoms with Crippen LogP contribution in [-0.4, -0.2) is 22.5 Å². The van der Waals surface area contributed by atoms with Gasteiger partial charge in [-0.2, -0.15) is 24.9 Å². The van der Waals surface area contributed by atoms with E-state index < -0.39 is 11.7 Å². The van der Waals surface area contributed by atoms with E-state index in [2.05, 4.69) is 10.3 Å². The first kappa shape index (κ1) is 14.8. The van der Waals surface area contributed by atoms with Crippen molar-refractivity contribution in [2.75, 3.05) is 18.1 Å². The van der Waals surface area contributed by atoms with Gasteiger partial charge in [-0.05, 0) is 31.2 Å². The Morgan fingerprint density at radius 3 is 2.58 bits per heavy atom. The van der Waals surface area contributed by atoms with Crippen molar-refractivity contribution >= 4 is 29.2 Å². The molecule has 0 radical (unpaired) electrons. The number of nitrogens with zero attached hydrogens (tertiary/aromatic N) is 1. The Hall–Kier alpha value is -0.620. The lowest BCUT2D eigenvalue weighted by atomic mass is 9.84. The number of rotatable bonds is 4. The van der Waals surface area contributed by atoms with Crippen molar-refractivity contribution in [3.8, 4) is 0 Å². The Morgan fingerprint density at radius 2 is 2.11 bits per heavy atom. The molecule has 2 rings (SSSR count). The molecule has 0 atom stereocenters. The fraction of sp³-hybridized carbons (Fsp3) is 0.583. The standard InChI is InChI=1S/C12H14ClF3N2S/c1-19-11(3-2-4-11)7-17-10-6-8(12(14,15)16)5-9(13)18-10/h5-6H,2-4,7H2,1H3,(H,17,18). The molecular weight excluding hydrogens is 297 g/mol. The maximum absolute atomic E-state index is 12.6. The highest BCUT2D eigenvalue weighted by molar-refractivity contribution is 8.00. The zero-order valence-corrected chi connectivity index (χ0v) is 11.9. The monoisotopic (exact) mass is 310 g/mol. The topological polar surface area (TPSA) is 24.9 Å². The third-order valence-corrected chi connectivity index (χ3v) is 5.02. The van der Waals surface area contributed by atoms with Gasteiger partial charge in [0, 0.05) is 11.3 Å². The lowest BCUT2D eigenvalue weighted by Gasteiger charge is -2.40. The first-order valence-electron chi connectivity index (χ1n) is 5.88. The third-order valence-electron chi connectivity index (χ3n) is 3.41. The zero-order chi connectivity index (χ0) is 14.1. The van der Waals surface area contributed by atoms with Crippen LogP contribution in [0.3, 0.4) is 0 Å². The Bertz CT molecular complexity index is 455. The molecule has 1 aromatic rings. The molecule has 0 bridgehead atoms. The second-order valence-corrected chi connectivity index (χ2v) is 6.32. The van der Waals surface area contributed by atoms with Gasteiger partial charge in [-0.15, -0.1) is 0 Å². The summed E-state index contributed by atoms with van der Waals surface area (Å²) in [6, 6.07) is 1.83. The third kappa shape index (κ3) is 3.48. The van der Waals surface area contributed by atoms with E-state index >= 15 is 0 Å². The van der Waals surface area contributed by atoms with E-state index in [1.807, 2.05) is 6.26 Å². The zero-order valence-electron chi connectivity index (χ0n) is 10.4. The summed E-state index contributed by atoms with van der Waals surface area (Å²) >= 11 is 7.38. The van der Waals surface area contributed by atoms with E-state index in [-0.39, 0.29) is 15.7 Å². The van der Waals surface area contributed by atoms with E-state index in [1.54, 1.807) is 11.8 Å². The molecule has 1 fully saturated rings. The van der Waals surface area contributed by atoms with Crippen LogP contribution in [0.15, 0.2) is 12.1 Å². The fourth-order valence-corrected chi connectivity index (χ4v) is 3.15. The van der Waals surface area contributed by atoms with Gasteiger partial charge in [0.2, 0.25) is 0 Å². The maximum atomic E-state index is 12.6. The summed E-state index contributed by atoms with van der Waals surface area (Å²) in [4.78, 5) is 3.89. The van der Waals surface area contributed by atoms with Gasteiger partial charge in [0.15, 0.2) is 0 Å². The van der Waals surface area contributed by atoms with Crippen LogP contribution in [0.5, 0.6) is 0 Å². The summed E-state index contributed by atoms with van der Waals surface area (Å²) in [7, 11) is 0. The normalized spacial score (nSPS) is 17.9. The summed E-state index contributed by atoms with van der Waals surface area (Å²) in [5, 5.41) is 2.83. The quantitative estimate of drug-likeness (QED) is 0.832. The van der Waals surface area contributed by atoms with Crippen molar-refractivity contribution in [2.45, 2.75) is 30.2 Å². The minimum Gasteiger partial charge on any atom is -0.369 e. The molecule has 19 heavy (non-hydrogen) atoms. The first-order valence-corrected chi connectivity index (χ1v) is 7.49. The van der Waals surface area contributed by atoms with Crippen molar-refractivity contribution in [3.63, 3.8) is 0 Å². The van der Waals surface area contributed by atoms with E-state index in [1.165, 1.54) is 6.42 Å². The number of pyridine rings is 1. The highest BCUT2D eigenvalue weighted by Gasteiger charge is 2.36. The van der Waals surface area contributed by atoms with E-state index in [0.717, 1.165) is 25.0 Å². The van der Waals surface area contributed by atoms with Crippen molar-refractivity contribution in [1.29, 1.82) is 0 Å². The summed E-state index contributed by atoms with van der Waals surface area (Å²) in [5.74, 6) is 0.181. The minimum absolute atomic E-state index is 0.127. The van der Waals surface area contributed by atoms with Crippen LogP contribution >= 0.6 is 23.4 Å². The second kappa shape index (κ2) is 5.40. The van der Waals surface area contributed by atoms with Gasteiger partial charge >= 0.3 is 6.18 Å². The summed E-state index contributed by atoms with van der Waals surface area (Å²) in [5.41, 5.74) is -0.776. The fourth-order valence-electron chi connectivity index (χ4n) is 2.03. The first-order chi connectivity index (χ1) is 8.85. The predicted octanol–water partition coefficient (Wildman–Crippen LogP) is 4.45. The number of hydrogen-bond acceptors (Lipinski definition) is 3. The molecule has 0 aliphatic heterocycles. The highest BCUT2D eigenvalue weighted by Crippen LogP contribution is 2.42. The minimum atomic E-state index is -4.41. The Balaban J connectivity index is 2.10. The van der Waals surface area contributed by atoms with Crippen molar-refractivity contribution < 1.29 is 13.2 Å². The van der Waals surface area contributed by atoms with Crippen LogP contribution in [0.2, 0.25) is 5.15 Å². The Labute approximate surface area is 119 Å². The number of hydrogen-bond donors (Lipinski definition) is 1. The van der Waals surface area contributed by atoms with Gasteiger partial charge < -0.3 is 5.32 Å². The van der Waals surface area contributed by atoms with Gasteiger partial charge in [0.1, 0.15) is 11.0 Å². The molecule has 1 aliphatic carbocycles. The summed E-state index contributed by atoms with van der Waals surface area (Å²) < 4.78 is 38.1. The maximum Gasteiger partial charge on any atom is 0.416 e. The SMILES string of the molecule is CSC1(CNc2cc(C(F)(F)F)cc(Cl)n2)CCC1. The molecule has 1 saturated carbocycles. The number of halogens is 4. The lowest BCUT2D eigenvalue weighted by Crippen LogP contribution is -2.40. The Kier molecular flexibility index (Phi) is 4.20. The molecule has 1 aliphatic rings. The van der Waals surface area contributed by atoms with Gasteiger partial charge in [0.25, 0.3) is 0 Å². The van der Waals surface area contributed by atoms with Crippen LogP contribution in [-0.2, 0) is 6.18 Å². The molecule has 1 aromatic heterocycles. The molecule has 1 N–H and O–H groups in total. The molecule has 2 nitrogen and oxygen atoms in total. The van der Waals surface area contributed by atoms with Crippen molar-refractivity contribution in [1.82, 2.24) is 4.98 Å². The lowest BCUT2D eigenvalue weighted by molar-refractivity contribution is -0.137. The second-order valence-electron chi connectivity index (χ2n) is 4.66. The average molecular weight is 311 g/mol. The molecule has 1 heterocycles. The average Bonchev–Trinajstić information content (AvgIpc) is 2.26. The van der Waals surface area contributed by atoms with Crippen molar-refractivity contribution in [2.24, 2.45) is 0 Å². The molecule has 0 saturated heterocycles. The van der Waals surface area contributed by atoms with Crippen LogP contribution in [0, 0.1) is 0 Å². The van der Waals surface area contributed by atoms with E-state index in [4.69, 9.17) is 11.6 Å². The van der Waals surface area contributed by atoms with E-state index in [9.17, 15) is 13.2 Å². The number of thioether (sulfide) groups is 1. The smallest absolute Gasteiger partial charge is 0.369 e. The number of nitrogens with one attached hydrogen (secondary N) is 1. The van der Waals surface area contributed by atoms with Gasteiger partial charge in [0.05, 0.1) is 5.56 Å². The van der Waals surface area contributed by atoms with E-state index in [0.29, 0.717) is 6.54 Å². The molecule has 0 amide bonds. The van der Waals surface area contributed by atoms with Gasteiger partial charge in [-0.3, -0.25) is 0 Å². The molecule has 0 spiro atoms. The largest absolute Gasteiger partial charge is 0.416 e. The van der Waals surface area contributed by atoms with Crippen molar-refractivity contribution in [3.05, 3.63) is 22.8 Å². The molecule has 7 heteroatoms. The van der Waals surface area contributed by atoms with Gasteiger partial charge in [-0.25, -0.2) is 4.98 Å². The van der Waals surface area contributed by atoms with Crippen LogP contribution < -0.4 is 5.32 Å². The molecule has 0 aromatic carbocycles. The predicted molar refractivity (Wildman–Crippen MR) is 72.8 cm³/mol. The molecular formula is C12H14ClF3N2S.